The minimum Gasteiger partial charge on any atom is -0.383 e. The van der Waals surface area contributed by atoms with E-state index < -0.39 is 0 Å². The highest BCUT2D eigenvalue weighted by Crippen LogP contribution is 1.95. The molecule has 74 valence electrons. The van der Waals surface area contributed by atoms with Gasteiger partial charge in [-0.1, -0.05) is 5.16 Å². The molecule has 0 aromatic carbocycles. The van der Waals surface area contributed by atoms with Crippen LogP contribution >= 0.6 is 0 Å². The van der Waals surface area contributed by atoms with Gasteiger partial charge < -0.3 is 14.6 Å². The summed E-state index contributed by atoms with van der Waals surface area (Å²) in [4.78, 5) is 4.08. The van der Waals surface area contributed by atoms with E-state index in [0.717, 1.165) is 26.1 Å². The Morgan fingerprint density at radius 3 is 2.92 bits per heavy atom. The van der Waals surface area contributed by atoms with Crippen LogP contribution in [0.5, 0.6) is 0 Å². The van der Waals surface area contributed by atoms with Gasteiger partial charge in [-0.25, -0.2) is 0 Å². The van der Waals surface area contributed by atoms with Crippen LogP contribution in [-0.2, 0) is 11.2 Å². The first-order chi connectivity index (χ1) is 6.33. The van der Waals surface area contributed by atoms with Crippen LogP contribution in [-0.4, -0.2) is 36.9 Å². The minimum atomic E-state index is 0.683. The molecule has 5 heteroatoms. The molecule has 0 bridgehead atoms. The van der Waals surface area contributed by atoms with E-state index in [0.29, 0.717) is 11.7 Å². The van der Waals surface area contributed by atoms with Gasteiger partial charge in [0.15, 0.2) is 5.82 Å². The molecule has 0 saturated carbocycles. The maximum atomic E-state index is 4.94. The summed E-state index contributed by atoms with van der Waals surface area (Å²) in [5.41, 5.74) is 0. The molecule has 0 amide bonds. The number of hydrogen-bond acceptors (Lipinski definition) is 5. The first kappa shape index (κ1) is 10.1. The van der Waals surface area contributed by atoms with Crippen molar-refractivity contribution in [2.24, 2.45) is 0 Å². The van der Waals surface area contributed by atoms with Crippen LogP contribution < -0.4 is 5.32 Å². The van der Waals surface area contributed by atoms with Gasteiger partial charge >= 0.3 is 0 Å². The van der Waals surface area contributed by atoms with E-state index in [1.165, 1.54) is 0 Å². The molecule has 5 nitrogen and oxygen atoms in total. The molecule has 0 aliphatic heterocycles. The fraction of sp³-hybridized carbons (Fsp3) is 0.750. The first-order valence-corrected chi connectivity index (χ1v) is 4.32. The molecular weight excluding hydrogens is 170 g/mol. The van der Waals surface area contributed by atoms with Crippen molar-refractivity contribution in [2.75, 3.05) is 26.8 Å². The second-order valence-electron chi connectivity index (χ2n) is 2.73. The quantitative estimate of drug-likeness (QED) is 0.639. The zero-order chi connectivity index (χ0) is 9.52. The van der Waals surface area contributed by atoms with Crippen LogP contribution in [0, 0.1) is 6.92 Å². The lowest BCUT2D eigenvalue weighted by atomic mass is 10.4. The zero-order valence-electron chi connectivity index (χ0n) is 8.04. The molecule has 0 spiro atoms. The highest BCUT2D eigenvalue weighted by molar-refractivity contribution is 4.83. The predicted octanol–water partition coefficient (Wildman–Crippen LogP) is 0.157. The molecule has 0 aliphatic carbocycles. The number of ether oxygens (including phenoxy) is 1. The largest absolute Gasteiger partial charge is 0.383 e. The monoisotopic (exact) mass is 185 g/mol. The van der Waals surface area contributed by atoms with E-state index in [2.05, 4.69) is 15.5 Å². The second-order valence-corrected chi connectivity index (χ2v) is 2.73. The zero-order valence-corrected chi connectivity index (χ0v) is 8.04. The Morgan fingerprint density at radius 2 is 2.31 bits per heavy atom. The molecule has 1 aromatic heterocycles. The van der Waals surface area contributed by atoms with E-state index in [1.807, 2.05) is 6.92 Å². The lowest BCUT2D eigenvalue weighted by molar-refractivity contribution is 0.199. The SMILES string of the molecule is COCCNCCc1nc(C)no1. The molecule has 0 saturated heterocycles. The number of methoxy groups -OCH3 is 1. The third-order valence-electron chi connectivity index (χ3n) is 1.57. The Morgan fingerprint density at radius 1 is 1.46 bits per heavy atom. The van der Waals surface area contributed by atoms with E-state index in [9.17, 15) is 0 Å². The molecule has 1 aromatic rings. The number of nitrogens with zero attached hydrogens (tertiary/aromatic N) is 2. The Hall–Kier alpha value is -0.940. The average Bonchev–Trinajstić information content (AvgIpc) is 2.51. The van der Waals surface area contributed by atoms with Gasteiger partial charge in [-0.05, 0) is 6.92 Å². The van der Waals surface area contributed by atoms with Crippen molar-refractivity contribution in [1.29, 1.82) is 0 Å². The molecular formula is C8H15N3O2. The van der Waals surface area contributed by atoms with Crippen LogP contribution in [0.25, 0.3) is 0 Å². The first-order valence-electron chi connectivity index (χ1n) is 4.32. The number of rotatable bonds is 6. The van der Waals surface area contributed by atoms with Gasteiger partial charge in [0.05, 0.1) is 6.61 Å². The lowest BCUT2D eigenvalue weighted by Gasteiger charge is -2.00. The fourth-order valence-corrected chi connectivity index (χ4v) is 0.936. The lowest BCUT2D eigenvalue weighted by Crippen LogP contribution is -2.21. The summed E-state index contributed by atoms with van der Waals surface area (Å²) in [6.45, 7) is 4.23. The van der Waals surface area contributed by atoms with Crippen molar-refractivity contribution in [3.05, 3.63) is 11.7 Å². The molecule has 0 aliphatic rings. The molecule has 0 atom stereocenters. The van der Waals surface area contributed by atoms with Crippen LogP contribution in [0.3, 0.4) is 0 Å². The highest BCUT2D eigenvalue weighted by atomic mass is 16.5. The van der Waals surface area contributed by atoms with Gasteiger partial charge in [0.2, 0.25) is 5.89 Å². The summed E-state index contributed by atoms with van der Waals surface area (Å²) in [6, 6.07) is 0. The van der Waals surface area contributed by atoms with Crippen molar-refractivity contribution in [2.45, 2.75) is 13.3 Å². The molecule has 1 rings (SSSR count). The summed E-state index contributed by atoms with van der Waals surface area (Å²) in [7, 11) is 1.68. The summed E-state index contributed by atoms with van der Waals surface area (Å²) in [5, 5.41) is 6.88. The Bertz CT molecular complexity index is 237. The van der Waals surface area contributed by atoms with E-state index in [-0.39, 0.29) is 0 Å². The average molecular weight is 185 g/mol. The number of aromatic nitrogens is 2. The normalized spacial score (nSPS) is 10.6. The van der Waals surface area contributed by atoms with Crippen molar-refractivity contribution >= 4 is 0 Å². The maximum Gasteiger partial charge on any atom is 0.227 e. The van der Waals surface area contributed by atoms with Gasteiger partial charge in [0.1, 0.15) is 0 Å². The van der Waals surface area contributed by atoms with Crippen molar-refractivity contribution < 1.29 is 9.26 Å². The Balaban J connectivity index is 2.06. The van der Waals surface area contributed by atoms with Crippen molar-refractivity contribution in [1.82, 2.24) is 15.5 Å². The van der Waals surface area contributed by atoms with Crippen molar-refractivity contribution in [3.63, 3.8) is 0 Å². The number of aryl methyl sites for hydroxylation is 1. The van der Waals surface area contributed by atoms with Crippen LogP contribution in [0.2, 0.25) is 0 Å². The third-order valence-corrected chi connectivity index (χ3v) is 1.57. The Labute approximate surface area is 77.5 Å². The smallest absolute Gasteiger partial charge is 0.227 e. The van der Waals surface area contributed by atoms with E-state index in [1.54, 1.807) is 7.11 Å². The number of nitrogens with one attached hydrogen (secondary N) is 1. The molecule has 1 N–H and O–H groups in total. The van der Waals surface area contributed by atoms with Gasteiger partial charge in [0, 0.05) is 26.6 Å². The van der Waals surface area contributed by atoms with Gasteiger partial charge in [0.25, 0.3) is 0 Å². The highest BCUT2D eigenvalue weighted by Gasteiger charge is 2.00. The van der Waals surface area contributed by atoms with Gasteiger partial charge in [-0.2, -0.15) is 4.98 Å². The summed E-state index contributed by atoms with van der Waals surface area (Å²) in [6.07, 6.45) is 0.768. The summed E-state index contributed by atoms with van der Waals surface area (Å²) in [5.74, 6) is 1.37. The van der Waals surface area contributed by atoms with Crippen LogP contribution in [0.15, 0.2) is 4.52 Å². The molecule has 13 heavy (non-hydrogen) atoms. The maximum absolute atomic E-state index is 4.94. The third kappa shape index (κ3) is 4.00. The molecule has 1 heterocycles. The standard InChI is InChI=1S/C8H15N3O2/c1-7-10-8(13-11-7)3-4-9-5-6-12-2/h9H,3-6H2,1-2H3. The van der Waals surface area contributed by atoms with E-state index in [4.69, 9.17) is 9.26 Å². The summed E-state index contributed by atoms with van der Waals surface area (Å²) < 4.78 is 9.82. The van der Waals surface area contributed by atoms with E-state index >= 15 is 0 Å². The number of hydrogen-bond donors (Lipinski definition) is 1. The van der Waals surface area contributed by atoms with Gasteiger partial charge in [-0.3, -0.25) is 0 Å². The van der Waals surface area contributed by atoms with Crippen LogP contribution in [0.4, 0.5) is 0 Å². The Kier molecular flexibility index (Phi) is 4.42. The topological polar surface area (TPSA) is 60.2 Å². The molecule has 0 radical (unpaired) electrons. The predicted molar refractivity (Wildman–Crippen MR) is 47.5 cm³/mol. The molecule has 0 fully saturated rings. The van der Waals surface area contributed by atoms with Gasteiger partial charge in [-0.15, -0.1) is 0 Å². The second kappa shape index (κ2) is 5.66. The minimum absolute atomic E-state index is 0.683. The fourth-order valence-electron chi connectivity index (χ4n) is 0.936. The summed E-state index contributed by atoms with van der Waals surface area (Å²) >= 11 is 0. The van der Waals surface area contributed by atoms with Crippen LogP contribution in [0.1, 0.15) is 11.7 Å². The van der Waals surface area contributed by atoms with Crippen molar-refractivity contribution in [3.8, 4) is 0 Å². The molecule has 0 unspecified atom stereocenters.